The van der Waals surface area contributed by atoms with Gasteiger partial charge in [0.2, 0.25) is 0 Å². The Bertz CT molecular complexity index is 331. The summed E-state index contributed by atoms with van der Waals surface area (Å²) in [5, 5.41) is 8.92. The van der Waals surface area contributed by atoms with Crippen molar-refractivity contribution in [3.8, 4) is 0 Å². The molecule has 0 fully saturated rings. The van der Waals surface area contributed by atoms with Gasteiger partial charge in [0.25, 0.3) is 0 Å². The zero-order valence-corrected chi connectivity index (χ0v) is 13.5. The van der Waals surface area contributed by atoms with E-state index in [-0.39, 0.29) is 6.09 Å². The molecule has 0 aromatic heterocycles. The lowest BCUT2D eigenvalue weighted by Gasteiger charge is -2.30. The Morgan fingerprint density at radius 3 is 2.20 bits per heavy atom. The Morgan fingerprint density at radius 2 is 1.80 bits per heavy atom. The van der Waals surface area contributed by atoms with Crippen LogP contribution in [0.25, 0.3) is 0 Å². The summed E-state index contributed by atoms with van der Waals surface area (Å²) in [5.41, 5.74) is -0.481. The third-order valence-corrected chi connectivity index (χ3v) is 3.60. The topological polar surface area (TPSA) is 70.1 Å². The quantitative estimate of drug-likeness (QED) is 0.740. The van der Waals surface area contributed by atoms with Gasteiger partial charge in [0, 0.05) is 19.6 Å². The second-order valence-electron chi connectivity index (χ2n) is 5.56. The number of aliphatic carboxylic acids is 1. The highest BCUT2D eigenvalue weighted by molar-refractivity contribution is 5.72. The molecule has 0 heterocycles. The van der Waals surface area contributed by atoms with E-state index in [9.17, 15) is 9.59 Å². The van der Waals surface area contributed by atoms with Gasteiger partial charge >= 0.3 is 12.1 Å². The number of carbonyl (C=O) groups is 2. The molecular formula is C14H28N2O4. The Labute approximate surface area is 121 Å². The fourth-order valence-electron chi connectivity index (χ4n) is 1.41. The van der Waals surface area contributed by atoms with Crippen molar-refractivity contribution in [2.75, 3.05) is 26.7 Å². The van der Waals surface area contributed by atoms with E-state index < -0.39 is 17.6 Å². The van der Waals surface area contributed by atoms with Crippen molar-refractivity contribution >= 4 is 12.1 Å². The Morgan fingerprint density at radius 1 is 1.25 bits per heavy atom. The van der Waals surface area contributed by atoms with Crippen molar-refractivity contribution in [1.82, 2.24) is 9.80 Å². The van der Waals surface area contributed by atoms with Crippen LogP contribution in [0.3, 0.4) is 0 Å². The van der Waals surface area contributed by atoms with Gasteiger partial charge in [-0.2, -0.15) is 0 Å². The number of hydrogen-bond donors (Lipinski definition) is 1. The van der Waals surface area contributed by atoms with Crippen LogP contribution in [-0.2, 0) is 9.53 Å². The summed E-state index contributed by atoms with van der Waals surface area (Å²) >= 11 is 0. The van der Waals surface area contributed by atoms with Crippen LogP contribution in [0.15, 0.2) is 0 Å². The summed E-state index contributed by atoms with van der Waals surface area (Å²) in [4.78, 5) is 26.2. The molecule has 0 bridgehead atoms. The molecule has 6 heteroatoms. The van der Waals surface area contributed by atoms with Gasteiger partial charge in [-0.15, -0.1) is 0 Å². The fourth-order valence-corrected chi connectivity index (χ4v) is 1.41. The molecule has 0 aliphatic carbocycles. The molecule has 1 amide bonds. The van der Waals surface area contributed by atoms with Crippen molar-refractivity contribution in [2.24, 2.45) is 0 Å². The molecule has 0 radical (unpaired) electrons. The average Bonchev–Trinajstić information content (AvgIpc) is 2.37. The van der Waals surface area contributed by atoms with Crippen LogP contribution in [0.1, 0.15) is 41.0 Å². The van der Waals surface area contributed by atoms with E-state index in [2.05, 4.69) is 0 Å². The fraction of sp³-hybridized carbons (Fsp3) is 0.857. The summed E-state index contributed by atoms with van der Waals surface area (Å²) in [6.45, 7) is 10.7. The van der Waals surface area contributed by atoms with E-state index in [0.717, 1.165) is 6.42 Å². The summed E-state index contributed by atoms with van der Waals surface area (Å²) in [6.07, 6.45) is 0.391. The predicted molar refractivity (Wildman–Crippen MR) is 77.8 cm³/mol. The molecule has 0 aromatic carbocycles. The summed E-state index contributed by atoms with van der Waals surface area (Å²) in [7, 11) is 1.73. The van der Waals surface area contributed by atoms with E-state index in [1.54, 1.807) is 23.8 Å². The summed E-state index contributed by atoms with van der Waals surface area (Å²) in [6, 6.07) is -0.572. The second-order valence-corrected chi connectivity index (χ2v) is 5.56. The van der Waals surface area contributed by atoms with Crippen LogP contribution in [0.2, 0.25) is 0 Å². The Hall–Kier alpha value is -1.30. The van der Waals surface area contributed by atoms with Crippen LogP contribution in [0.4, 0.5) is 4.79 Å². The highest BCUT2D eigenvalue weighted by Gasteiger charge is 2.24. The van der Waals surface area contributed by atoms with Crippen molar-refractivity contribution in [2.45, 2.75) is 52.7 Å². The predicted octanol–water partition coefficient (Wildman–Crippen LogP) is 2.04. The molecule has 0 spiro atoms. The number of carboxylic acids is 1. The second kappa shape index (κ2) is 8.09. The van der Waals surface area contributed by atoms with E-state index in [4.69, 9.17) is 9.84 Å². The molecule has 0 aromatic rings. The number of carbonyl (C=O) groups excluding carboxylic acids is 1. The summed E-state index contributed by atoms with van der Waals surface area (Å²) in [5.74, 6) is -0.870. The zero-order valence-electron chi connectivity index (χ0n) is 13.5. The first-order valence-electron chi connectivity index (χ1n) is 7.05. The van der Waals surface area contributed by atoms with E-state index in [1.807, 2.05) is 27.7 Å². The third-order valence-electron chi connectivity index (χ3n) is 3.60. The lowest BCUT2D eigenvalue weighted by molar-refractivity contribution is -0.142. The van der Waals surface area contributed by atoms with Gasteiger partial charge in [0.05, 0.1) is 0 Å². The first-order chi connectivity index (χ1) is 9.14. The van der Waals surface area contributed by atoms with Crippen molar-refractivity contribution in [3.63, 3.8) is 0 Å². The van der Waals surface area contributed by atoms with Gasteiger partial charge in [-0.25, -0.2) is 4.79 Å². The number of hydrogen-bond acceptors (Lipinski definition) is 4. The first-order valence-corrected chi connectivity index (χ1v) is 7.05. The first kappa shape index (κ1) is 18.7. The van der Waals surface area contributed by atoms with Crippen LogP contribution in [0.5, 0.6) is 0 Å². The number of ether oxygens (including phenoxy) is 1. The molecule has 1 unspecified atom stereocenters. The van der Waals surface area contributed by atoms with Gasteiger partial charge < -0.3 is 14.7 Å². The summed E-state index contributed by atoms with van der Waals surface area (Å²) < 4.78 is 5.43. The molecule has 0 saturated carbocycles. The Kier molecular flexibility index (Phi) is 7.57. The monoisotopic (exact) mass is 288 g/mol. The van der Waals surface area contributed by atoms with Crippen LogP contribution in [-0.4, -0.2) is 65.3 Å². The maximum absolute atomic E-state index is 12.0. The number of nitrogens with zero attached hydrogens (tertiary/aromatic N) is 2. The SMILES string of the molecule is CCN(CCN(C)C(C)C(=O)O)C(=O)OC(C)(C)CC. The van der Waals surface area contributed by atoms with Gasteiger partial charge in [0.15, 0.2) is 0 Å². The zero-order chi connectivity index (χ0) is 15.9. The van der Waals surface area contributed by atoms with Crippen LogP contribution < -0.4 is 0 Å². The van der Waals surface area contributed by atoms with Crippen LogP contribution >= 0.6 is 0 Å². The van der Waals surface area contributed by atoms with Crippen molar-refractivity contribution < 1.29 is 19.4 Å². The van der Waals surface area contributed by atoms with Crippen molar-refractivity contribution in [1.29, 1.82) is 0 Å². The maximum Gasteiger partial charge on any atom is 0.410 e. The lowest BCUT2D eigenvalue weighted by Crippen LogP contribution is -2.44. The third kappa shape index (κ3) is 6.23. The molecule has 0 rings (SSSR count). The van der Waals surface area contributed by atoms with Gasteiger partial charge in [0.1, 0.15) is 11.6 Å². The number of amides is 1. The molecule has 20 heavy (non-hydrogen) atoms. The normalized spacial score (nSPS) is 13.2. The number of likely N-dealkylation sites (N-methyl/N-ethyl adjacent to an activating group) is 2. The van der Waals surface area contributed by atoms with Crippen molar-refractivity contribution in [3.05, 3.63) is 0 Å². The van der Waals surface area contributed by atoms with E-state index in [0.29, 0.717) is 19.6 Å². The minimum absolute atomic E-state index is 0.351. The van der Waals surface area contributed by atoms with Gasteiger partial charge in [-0.3, -0.25) is 9.69 Å². The van der Waals surface area contributed by atoms with Gasteiger partial charge in [-0.1, -0.05) is 6.92 Å². The van der Waals surface area contributed by atoms with Crippen LogP contribution in [0, 0.1) is 0 Å². The molecular weight excluding hydrogens is 260 g/mol. The number of rotatable bonds is 8. The maximum atomic E-state index is 12.0. The minimum atomic E-state index is -0.870. The highest BCUT2D eigenvalue weighted by atomic mass is 16.6. The van der Waals surface area contributed by atoms with E-state index in [1.165, 1.54) is 0 Å². The molecule has 118 valence electrons. The number of carboxylic acid groups (broad SMARTS) is 1. The molecule has 0 aliphatic rings. The molecule has 0 aliphatic heterocycles. The van der Waals surface area contributed by atoms with Gasteiger partial charge in [-0.05, 0) is 41.2 Å². The average molecular weight is 288 g/mol. The smallest absolute Gasteiger partial charge is 0.410 e. The largest absolute Gasteiger partial charge is 0.480 e. The highest BCUT2D eigenvalue weighted by Crippen LogP contribution is 2.15. The molecule has 0 saturated heterocycles. The lowest BCUT2D eigenvalue weighted by atomic mass is 10.1. The molecule has 1 atom stereocenters. The molecule has 1 N–H and O–H groups in total. The van der Waals surface area contributed by atoms with E-state index >= 15 is 0 Å². The minimum Gasteiger partial charge on any atom is -0.480 e. The molecule has 6 nitrogen and oxygen atoms in total. The standard InChI is InChI=1S/C14H28N2O4/c1-7-14(4,5)20-13(19)16(8-2)10-9-15(6)11(3)12(17)18/h11H,7-10H2,1-6H3,(H,17,18). The Balaban J connectivity index is 4.42.